The predicted molar refractivity (Wildman–Crippen MR) is 96.8 cm³/mol. The first-order valence-electron chi connectivity index (χ1n) is 8.47. The molecule has 0 aliphatic carbocycles. The largest absolute Gasteiger partial charge is 0.381 e. The molecule has 0 atom stereocenters. The summed E-state index contributed by atoms with van der Waals surface area (Å²) < 4.78 is 5.79. The number of guanidine groups is 1. The Kier molecular flexibility index (Phi) is 5.38. The number of likely N-dealkylation sites (tertiary alicyclic amines) is 1. The van der Waals surface area contributed by atoms with E-state index in [1.165, 1.54) is 0 Å². The summed E-state index contributed by atoms with van der Waals surface area (Å²) in [7, 11) is 0. The third-order valence-corrected chi connectivity index (χ3v) is 7.23. The number of hydrogen-bond acceptors (Lipinski definition) is 3. The molecule has 0 unspecified atom stereocenters. The Bertz CT molecular complexity index is 414. The van der Waals surface area contributed by atoms with E-state index in [9.17, 15) is 0 Å². The van der Waals surface area contributed by atoms with Crippen molar-refractivity contribution in [3.8, 4) is 0 Å². The van der Waals surface area contributed by atoms with Crippen LogP contribution in [0.25, 0.3) is 0 Å². The lowest BCUT2D eigenvalue weighted by Crippen LogP contribution is -2.72. The maximum Gasteiger partial charge on any atom is 0.194 e. The molecular formula is C17H33N3OS. The van der Waals surface area contributed by atoms with Crippen LogP contribution >= 0.6 is 11.8 Å². The molecule has 128 valence electrons. The summed E-state index contributed by atoms with van der Waals surface area (Å²) >= 11 is 1.96. The molecule has 5 heteroatoms. The summed E-state index contributed by atoms with van der Waals surface area (Å²) in [4.78, 5) is 7.45. The minimum atomic E-state index is 0.149. The smallest absolute Gasteiger partial charge is 0.194 e. The Balaban J connectivity index is 2.11. The number of nitrogens with zero attached hydrogens (tertiary/aromatic N) is 2. The second-order valence-electron chi connectivity index (χ2n) is 7.70. The van der Waals surface area contributed by atoms with Gasteiger partial charge in [-0.25, -0.2) is 0 Å². The van der Waals surface area contributed by atoms with Gasteiger partial charge in [0.1, 0.15) is 0 Å². The van der Waals surface area contributed by atoms with Crippen molar-refractivity contribution in [2.24, 2.45) is 10.4 Å². The standard InChI is InChI=1S/C17H33N3OS/c1-7-18-14(20-13-15(2,3)16(20,4)5)19-12-17(22-6)8-10-21-11-9-17/h7-13H2,1-6H3,(H,18,19). The van der Waals surface area contributed by atoms with E-state index < -0.39 is 0 Å². The minimum absolute atomic E-state index is 0.149. The van der Waals surface area contributed by atoms with Gasteiger partial charge in [-0.1, -0.05) is 13.8 Å². The second kappa shape index (κ2) is 6.60. The maximum atomic E-state index is 5.53. The van der Waals surface area contributed by atoms with Crippen molar-refractivity contribution in [2.45, 2.75) is 57.7 Å². The van der Waals surface area contributed by atoms with Crippen molar-refractivity contribution >= 4 is 17.7 Å². The Morgan fingerprint density at radius 3 is 2.32 bits per heavy atom. The van der Waals surface area contributed by atoms with Gasteiger partial charge in [0.05, 0.1) is 6.54 Å². The molecule has 2 saturated heterocycles. The van der Waals surface area contributed by atoms with E-state index in [0.29, 0.717) is 5.41 Å². The summed E-state index contributed by atoms with van der Waals surface area (Å²) in [5, 5.41) is 3.49. The monoisotopic (exact) mass is 327 g/mol. The van der Waals surface area contributed by atoms with Crippen LogP contribution in [0.2, 0.25) is 0 Å². The highest BCUT2D eigenvalue weighted by atomic mass is 32.2. The number of thioether (sulfide) groups is 1. The summed E-state index contributed by atoms with van der Waals surface area (Å²) in [6.07, 6.45) is 4.42. The van der Waals surface area contributed by atoms with Crippen LogP contribution in [0.3, 0.4) is 0 Å². The molecule has 2 aliphatic rings. The fraction of sp³-hybridized carbons (Fsp3) is 0.941. The summed E-state index contributed by atoms with van der Waals surface area (Å²) in [5.41, 5.74) is 0.481. The molecule has 0 bridgehead atoms. The Labute approximate surface area is 140 Å². The number of ether oxygens (including phenoxy) is 1. The van der Waals surface area contributed by atoms with E-state index in [-0.39, 0.29) is 10.3 Å². The van der Waals surface area contributed by atoms with Crippen molar-refractivity contribution in [1.29, 1.82) is 0 Å². The zero-order chi connectivity index (χ0) is 16.4. The summed E-state index contributed by atoms with van der Waals surface area (Å²) in [5.74, 6) is 1.08. The predicted octanol–water partition coefficient (Wildman–Crippen LogP) is 2.98. The van der Waals surface area contributed by atoms with E-state index in [1.54, 1.807) is 0 Å². The van der Waals surface area contributed by atoms with E-state index in [4.69, 9.17) is 9.73 Å². The van der Waals surface area contributed by atoms with Gasteiger partial charge in [-0.05, 0) is 39.9 Å². The van der Waals surface area contributed by atoms with Crippen LogP contribution in [0.4, 0.5) is 0 Å². The summed E-state index contributed by atoms with van der Waals surface area (Å²) in [6.45, 7) is 16.1. The van der Waals surface area contributed by atoms with Crippen LogP contribution in [0.15, 0.2) is 4.99 Å². The third-order valence-electron chi connectivity index (χ3n) is 5.83. The molecule has 2 aliphatic heterocycles. The average molecular weight is 328 g/mol. The topological polar surface area (TPSA) is 36.9 Å². The second-order valence-corrected chi connectivity index (χ2v) is 8.97. The lowest BCUT2D eigenvalue weighted by molar-refractivity contribution is -0.0668. The highest BCUT2D eigenvalue weighted by Gasteiger charge is 2.53. The molecule has 0 spiro atoms. The molecule has 22 heavy (non-hydrogen) atoms. The molecule has 4 nitrogen and oxygen atoms in total. The molecule has 2 fully saturated rings. The van der Waals surface area contributed by atoms with Gasteiger partial charge in [0.25, 0.3) is 0 Å². The quantitative estimate of drug-likeness (QED) is 0.636. The van der Waals surface area contributed by atoms with Crippen LogP contribution in [0.1, 0.15) is 47.5 Å². The van der Waals surface area contributed by atoms with Crippen molar-refractivity contribution in [2.75, 3.05) is 39.1 Å². The molecule has 0 radical (unpaired) electrons. The lowest BCUT2D eigenvalue weighted by atomic mass is 9.65. The van der Waals surface area contributed by atoms with E-state index >= 15 is 0 Å². The van der Waals surface area contributed by atoms with Crippen molar-refractivity contribution in [1.82, 2.24) is 10.2 Å². The highest BCUT2D eigenvalue weighted by Crippen LogP contribution is 2.46. The van der Waals surface area contributed by atoms with Gasteiger partial charge in [0.15, 0.2) is 5.96 Å². The molecule has 0 aromatic rings. The van der Waals surface area contributed by atoms with Crippen molar-refractivity contribution in [3.63, 3.8) is 0 Å². The van der Waals surface area contributed by atoms with E-state index in [0.717, 1.165) is 51.6 Å². The molecular weight excluding hydrogens is 294 g/mol. The van der Waals surface area contributed by atoms with Crippen molar-refractivity contribution in [3.05, 3.63) is 0 Å². The number of rotatable bonds is 4. The van der Waals surface area contributed by atoms with Crippen molar-refractivity contribution < 1.29 is 4.74 Å². The minimum Gasteiger partial charge on any atom is -0.381 e. The maximum absolute atomic E-state index is 5.53. The van der Waals surface area contributed by atoms with Crippen LogP contribution in [-0.2, 0) is 4.74 Å². The molecule has 0 amide bonds. The Morgan fingerprint density at radius 1 is 1.23 bits per heavy atom. The molecule has 0 aromatic carbocycles. The normalized spacial score (nSPS) is 26.5. The SMILES string of the molecule is CCNC(=NCC1(SC)CCOCC1)N1CC(C)(C)C1(C)C. The molecule has 0 saturated carbocycles. The van der Waals surface area contributed by atoms with Gasteiger partial charge in [-0.3, -0.25) is 4.99 Å². The Hall–Kier alpha value is -0.420. The van der Waals surface area contributed by atoms with Crippen LogP contribution in [-0.4, -0.2) is 60.2 Å². The van der Waals surface area contributed by atoms with Gasteiger partial charge < -0.3 is 15.0 Å². The Morgan fingerprint density at radius 2 is 1.86 bits per heavy atom. The molecule has 2 heterocycles. The highest BCUT2D eigenvalue weighted by molar-refractivity contribution is 8.00. The van der Waals surface area contributed by atoms with Gasteiger partial charge >= 0.3 is 0 Å². The first kappa shape index (κ1) is 17.9. The zero-order valence-electron chi connectivity index (χ0n) is 15.2. The van der Waals surface area contributed by atoms with Gasteiger partial charge in [0, 0.05) is 42.0 Å². The molecule has 2 rings (SSSR count). The van der Waals surface area contributed by atoms with Gasteiger partial charge in [-0.15, -0.1) is 0 Å². The zero-order valence-corrected chi connectivity index (χ0v) is 16.0. The number of aliphatic imine (C=N–C) groups is 1. The number of hydrogen-bond donors (Lipinski definition) is 1. The third kappa shape index (κ3) is 3.25. The van der Waals surface area contributed by atoms with Gasteiger partial charge in [0.2, 0.25) is 0 Å². The van der Waals surface area contributed by atoms with Crippen LogP contribution in [0, 0.1) is 5.41 Å². The van der Waals surface area contributed by atoms with Crippen LogP contribution in [0.5, 0.6) is 0 Å². The number of nitrogens with one attached hydrogen (secondary N) is 1. The van der Waals surface area contributed by atoms with Crippen LogP contribution < -0.4 is 5.32 Å². The molecule has 1 N–H and O–H groups in total. The first-order valence-corrected chi connectivity index (χ1v) is 9.69. The first-order chi connectivity index (χ1) is 10.3. The van der Waals surface area contributed by atoms with E-state index in [1.807, 2.05) is 11.8 Å². The molecule has 0 aromatic heterocycles. The fourth-order valence-electron chi connectivity index (χ4n) is 3.18. The summed E-state index contributed by atoms with van der Waals surface area (Å²) in [6, 6.07) is 0. The van der Waals surface area contributed by atoms with Gasteiger partial charge in [-0.2, -0.15) is 11.8 Å². The fourth-order valence-corrected chi connectivity index (χ4v) is 3.95. The lowest BCUT2D eigenvalue weighted by Gasteiger charge is -2.62. The van der Waals surface area contributed by atoms with E-state index in [2.05, 4.69) is 51.1 Å². The average Bonchev–Trinajstić information content (AvgIpc) is 2.50.